The van der Waals surface area contributed by atoms with E-state index in [0.29, 0.717) is 11.8 Å². The van der Waals surface area contributed by atoms with Crippen molar-refractivity contribution in [2.75, 3.05) is 5.33 Å². The maximum absolute atomic E-state index is 14.2. The Balaban J connectivity index is 2.89. The van der Waals surface area contributed by atoms with Crippen LogP contribution in [0.1, 0.15) is 25.3 Å². The molecule has 0 unspecified atom stereocenters. The molecule has 72 valence electrons. The van der Waals surface area contributed by atoms with Crippen molar-refractivity contribution in [3.05, 3.63) is 35.9 Å². The maximum Gasteiger partial charge on any atom is 0.145 e. The van der Waals surface area contributed by atoms with Gasteiger partial charge in [-0.3, -0.25) is 0 Å². The molecule has 0 amide bonds. The van der Waals surface area contributed by atoms with Crippen LogP contribution in [0.3, 0.4) is 0 Å². The first kappa shape index (κ1) is 10.7. The average Bonchev–Trinajstić information content (AvgIpc) is 2.19. The second-order valence-corrected chi connectivity index (χ2v) is 3.78. The monoisotopic (exact) mass is 244 g/mol. The molecule has 0 aliphatic heterocycles. The number of benzene rings is 1. The van der Waals surface area contributed by atoms with E-state index in [0.717, 1.165) is 12.0 Å². The highest BCUT2D eigenvalue weighted by atomic mass is 79.9. The normalized spacial score (nSPS) is 15.3. The van der Waals surface area contributed by atoms with E-state index in [1.165, 1.54) is 0 Å². The fraction of sp³-hybridized carbons (Fsp3) is 0.455. The summed E-state index contributed by atoms with van der Waals surface area (Å²) < 4.78 is 14.2. The van der Waals surface area contributed by atoms with Crippen molar-refractivity contribution in [3.8, 4) is 0 Å². The number of hydrogen-bond donors (Lipinski definition) is 0. The van der Waals surface area contributed by atoms with Gasteiger partial charge < -0.3 is 0 Å². The molecular weight excluding hydrogens is 231 g/mol. The van der Waals surface area contributed by atoms with Crippen LogP contribution < -0.4 is 0 Å². The first-order valence-corrected chi connectivity index (χ1v) is 5.65. The van der Waals surface area contributed by atoms with Crippen molar-refractivity contribution in [2.24, 2.45) is 0 Å². The van der Waals surface area contributed by atoms with Gasteiger partial charge in [-0.25, -0.2) is 4.39 Å². The van der Waals surface area contributed by atoms with Crippen molar-refractivity contribution >= 4 is 15.9 Å². The van der Waals surface area contributed by atoms with E-state index in [4.69, 9.17) is 0 Å². The van der Waals surface area contributed by atoms with Gasteiger partial charge in [-0.05, 0) is 12.0 Å². The Labute approximate surface area is 87.3 Å². The van der Waals surface area contributed by atoms with E-state index >= 15 is 0 Å². The zero-order valence-corrected chi connectivity index (χ0v) is 9.35. The van der Waals surface area contributed by atoms with Crippen molar-refractivity contribution in [1.82, 2.24) is 0 Å². The van der Waals surface area contributed by atoms with Gasteiger partial charge in [0.2, 0.25) is 0 Å². The standard InChI is InChI=1S/C11H14BrF/c1-2-8-11(13,9-12)10-6-4-3-5-7-10/h3-7H,2,8-9H2,1H3/t11-/m1/s1. The molecular formula is C11H14BrF. The molecule has 0 radical (unpaired) electrons. The largest absolute Gasteiger partial charge is 0.238 e. The average molecular weight is 245 g/mol. The summed E-state index contributed by atoms with van der Waals surface area (Å²) in [7, 11) is 0. The molecule has 0 spiro atoms. The number of halogens is 2. The predicted molar refractivity (Wildman–Crippen MR) is 57.9 cm³/mol. The molecule has 0 aliphatic carbocycles. The van der Waals surface area contributed by atoms with Gasteiger partial charge in [0.1, 0.15) is 5.67 Å². The van der Waals surface area contributed by atoms with Crippen LogP contribution in [0.25, 0.3) is 0 Å². The summed E-state index contributed by atoms with van der Waals surface area (Å²) in [4.78, 5) is 0. The lowest BCUT2D eigenvalue weighted by atomic mass is 9.93. The molecule has 0 saturated heterocycles. The van der Waals surface area contributed by atoms with Crippen LogP contribution in [0.5, 0.6) is 0 Å². The number of rotatable bonds is 4. The molecule has 2 heteroatoms. The minimum absolute atomic E-state index is 0.373. The summed E-state index contributed by atoms with van der Waals surface area (Å²) in [6.45, 7) is 2.00. The van der Waals surface area contributed by atoms with Gasteiger partial charge in [0.05, 0.1) is 0 Å². The topological polar surface area (TPSA) is 0 Å². The van der Waals surface area contributed by atoms with Crippen LogP contribution in [0.15, 0.2) is 30.3 Å². The third kappa shape index (κ3) is 2.53. The lowest BCUT2D eigenvalue weighted by Gasteiger charge is -2.22. The van der Waals surface area contributed by atoms with Gasteiger partial charge in [0, 0.05) is 5.33 Å². The van der Waals surface area contributed by atoms with Gasteiger partial charge in [-0.2, -0.15) is 0 Å². The molecule has 0 heterocycles. The molecule has 13 heavy (non-hydrogen) atoms. The van der Waals surface area contributed by atoms with Gasteiger partial charge in [-0.15, -0.1) is 0 Å². The second-order valence-electron chi connectivity index (χ2n) is 3.21. The lowest BCUT2D eigenvalue weighted by Crippen LogP contribution is -2.21. The molecule has 0 bridgehead atoms. The maximum atomic E-state index is 14.2. The molecule has 0 aliphatic rings. The van der Waals surface area contributed by atoms with Crippen molar-refractivity contribution in [1.29, 1.82) is 0 Å². The summed E-state index contributed by atoms with van der Waals surface area (Å²) in [5.41, 5.74) is -0.426. The molecule has 1 aromatic rings. The Morgan fingerprint density at radius 1 is 1.31 bits per heavy atom. The Kier molecular flexibility index (Phi) is 3.91. The molecule has 0 fully saturated rings. The highest BCUT2D eigenvalue weighted by Crippen LogP contribution is 2.32. The first-order valence-electron chi connectivity index (χ1n) is 4.53. The van der Waals surface area contributed by atoms with Crippen molar-refractivity contribution < 1.29 is 4.39 Å². The minimum Gasteiger partial charge on any atom is -0.238 e. The summed E-state index contributed by atoms with van der Waals surface area (Å²) in [6, 6.07) is 9.35. The van der Waals surface area contributed by atoms with Crippen LogP contribution in [0, 0.1) is 0 Å². The summed E-state index contributed by atoms with van der Waals surface area (Å²) >= 11 is 3.23. The first-order chi connectivity index (χ1) is 6.23. The Bertz CT molecular complexity index is 248. The fourth-order valence-electron chi connectivity index (χ4n) is 1.42. The molecule has 1 rings (SSSR count). The van der Waals surface area contributed by atoms with E-state index in [1.54, 1.807) is 0 Å². The molecule has 0 saturated carbocycles. The van der Waals surface area contributed by atoms with E-state index < -0.39 is 5.67 Å². The van der Waals surface area contributed by atoms with Crippen molar-refractivity contribution in [2.45, 2.75) is 25.4 Å². The molecule has 1 atom stereocenters. The smallest absolute Gasteiger partial charge is 0.145 e. The van der Waals surface area contributed by atoms with Gasteiger partial charge in [-0.1, -0.05) is 59.6 Å². The van der Waals surface area contributed by atoms with E-state index in [2.05, 4.69) is 15.9 Å². The molecule has 0 N–H and O–H groups in total. The SMILES string of the molecule is CCC[C@@](F)(CBr)c1ccccc1. The van der Waals surface area contributed by atoms with E-state index in [-0.39, 0.29) is 0 Å². The zero-order chi connectivity index (χ0) is 9.73. The van der Waals surface area contributed by atoms with Crippen LogP contribution in [-0.4, -0.2) is 5.33 Å². The van der Waals surface area contributed by atoms with Gasteiger partial charge in [0.15, 0.2) is 0 Å². The summed E-state index contributed by atoms with van der Waals surface area (Å²) in [5.74, 6) is 0. The highest BCUT2D eigenvalue weighted by molar-refractivity contribution is 9.09. The molecule has 0 nitrogen and oxygen atoms in total. The van der Waals surface area contributed by atoms with Crippen LogP contribution in [0.4, 0.5) is 4.39 Å². The van der Waals surface area contributed by atoms with Gasteiger partial charge in [0.25, 0.3) is 0 Å². The van der Waals surface area contributed by atoms with Crippen LogP contribution >= 0.6 is 15.9 Å². The molecule has 0 aromatic heterocycles. The van der Waals surface area contributed by atoms with Crippen LogP contribution in [0.2, 0.25) is 0 Å². The minimum atomic E-state index is -1.20. The molecule has 1 aromatic carbocycles. The van der Waals surface area contributed by atoms with E-state index in [1.807, 2.05) is 37.3 Å². The second kappa shape index (κ2) is 4.75. The lowest BCUT2D eigenvalue weighted by molar-refractivity contribution is 0.183. The Morgan fingerprint density at radius 3 is 2.38 bits per heavy atom. The fourth-order valence-corrected chi connectivity index (χ4v) is 2.03. The number of hydrogen-bond acceptors (Lipinski definition) is 0. The Hall–Kier alpha value is -0.370. The highest BCUT2D eigenvalue weighted by Gasteiger charge is 2.29. The third-order valence-corrected chi connectivity index (χ3v) is 3.04. The van der Waals surface area contributed by atoms with Crippen molar-refractivity contribution in [3.63, 3.8) is 0 Å². The summed E-state index contributed by atoms with van der Waals surface area (Å²) in [5, 5.41) is 0.373. The zero-order valence-electron chi connectivity index (χ0n) is 7.76. The number of alkyl halides is 2. The van der Waals surface area contributed by atoms with Crippen LogP contribution in [-0.2, 0) is 5.67 Å². The van der Waals surface area contributed by atoms with E-state index in [9.17, 15) is 4.39 Å². The third-order valence-electron chi connectivity index (χ3n) is 2.15. The Morgan fingerprint density at radius 2 is 1.92 bits per heavy atom. The predicted octanol–water partition coefficient (Wildman–Crippen LogP) is 4.05. The quantitative estimate of drug-likeness (QED) is 0.702. The summed E-state index contributed by atoms with van der Waals surface area (Å²) in [6.07, 6.45) is 1.43. The van der Waals surface area contributed by atoms with Gasteiger partial charge >= 0.3 is 0 Å².